The van der Waals surface area contributed by atoms with E-state index < -0.39 is 18.4 Å². The molecule has 0 aliphatic carbocycles. The van der Waals surface area contributed by atoms with Crippen LogP contribution in [0, 0.1) is 0 Å². The van der Waals surface area contributed by atoms with Gasteiger partial charge in [0.15, 0.2) is 18.0 Å². The third-order valence-corrected chi connectivity index (χ3v) is 2.41. The average Bonchev–Trinajstić information content (AvgIpc) is 2.71. The van der Waals surface area contributed by atoms with Gasteiger partial charge >= 0.3 is 6.18 Å². The molecule has 0 bridgehead atoms. The van der Waals surface area contributed by atoms with E-state index in [4.69, 9.17) is 0 Å². The monoisotopic (exact) mass is 275 g/mol. The molecule has 2 rings (SSSR count). The Morgan fingerprint density at radius 1 is 1.32 bits per heavy atom. The highest BCUT2D eigenvalue weighted by molar-refractivity contribution is 5.54. The summed E-state index contributed by atoms with van der Waals surface area (Å²) in [5, 5.41) is 13.8. The quantitative estimate of drug-likeness (QED) is 0.929. The van der Waals surface area contributed by atoms with Crippen LogP contribution in [0.25, 0.3) is 5.65 Å². The summed E-state index contributed by atoms with van der Waals surface area (Å²) in [5.41, 5.74) is -0.669. The highest BCUT2D eigenvalue weighted by atomic mass is 19.4. The molecule has 0 radical (unpaired) electrons. The molecular formula is C11H12F3N3O2. The van der Waals surface area contributed by atoms with Crippen molar-refractivity contribution in [2.45, 2.75) is 25.6 Å². The van der Waals surface area contributed by atoms with Crippen molar-refractivity contribution in [3.8, 4) is 5.75 Å². The first-order chi connectivity index (χ1) is 8.68. The minimum Gasteiger partial charge on any atom is -0.480 e. The molecule has 0 aromatic carbocycles. The van der Waals surface area contributed by atoms with Gasteiger partial charge < -0.3 is 9.84 Å². The number of aliphatic hydroxyl groups is 1. The predicted molar refractivity (Wildman–Crippen MR) is 59.8 cm³/mol. The summed E-state index contributed by atoms with van der Waals surface area (Å²) in [6, 6.07) is 2.79. The van der Waals surface area contributed by atoms with E-state index in [-0.39, 0.29) is 11.4 Å². The van der Waals surface area contributed by atoms with E-state index >= 15 is 0 Å². The van der Waals surface area contributed by atoms with Crippen LogP contribution in [0.2, 0.25) is 0 Å². The van der Waals surface area contributed by atoms with Crippen molar-refractivity contribution in [3.63, 3.8) is 0 Å². The molecule has 0 saturated heterocycles. The minimum atomic E-state index is -4.42. The van der Waals surface area contributed by atoms with Crippen LogP contribution in [-0.2, 0) is 5.60 Å². The number of aromatic nitrogens is 3. The molecule has 0 fully saturated rings. The second-order valence-corrected chi connectivity index (χ2v) is 4.54. The Morgan fingerprint density at radius 2 is 2.00 bits per heavy atom. The van der Waals surface area contributed by atoms with Crippen molar-refractivity contribution in [2.75, 3.05) is 6.61 Å². The van der Waals surface area contributed by atoms with Gasteiger partial charge in [-0.2, -0.15) is 18.3 Å². The summed E-state index contributed by atoms with van der Waals surface area (Å²) in [4.78, 5) is 3.84. The molecule has 5 nitrogen and oxygen atoms in total. The van der Waals surface area contributed by atoms with Crippen LogP contribution in [0.1, 0.15) is 19.5 Å². The molecule has 104 valence electrons. The third-order valence-electron chi connectivity index (χ3n) is 2.41. The Hall–Kier alpha value is -1.83. The van der Waals surface area contributed by atoms with Crippen molar-refractivity contribution in [3.05, 3.63) is 24.2 Å². The van der Waals surface area contributed by atoms with Crippen molar-refractivity contribution in [1.82, 2.24) is 14.6 Å². The lowest BCUT2D eigenvalue weighted by atomic mass is 10.0. The molecule has 2 aromatic rings. The van der Waals surface area contributed by atoms with Gasteiger partial charge in [-0.05, 0) is 26.0 Å². The number of hydrogen-bond acceptors (Lipinski definition) is 4. The maximum absolute atomic E-state index is 12.1. The molecule has 1 N–H and O–H groups in total. The van der Waals surface area contributed by atoms with Crippen LogP contribution in [0.15, 0.2) is 18.5 Å². The van der Waals surface area contributed by atoms with E-state index in [1.165, 1.54) is 23.0 Å². The molecule has 0 spiro atoms. The van der Waals surface area contributed by atoms with E-state index in [2.05, 4.69) is 14.8 Å². The summed E-state index contributed by atoms with van der Waals surface area (Å²) >= 11 is 0. The highest BCUT2D eigenvalue weighted by Crippen LogP contribution is 2.26. The Morgan fingerprint density at radius 3 is 2.58 bits per heavy atom. The molecule has 2 heterocycles. The van der Waals surface area contributed by atoms with E-state index in [0.29, 0.717) is 5.69 Å². The van der Waals surface area contributed by atoms with Gasteiger partial charge in [0, 0.05) is 0 Å². The van der Waals surface area contributed by atoms with Crippen LogP contribution < -0.4 is 4.74 Å². The molecule has 8 heteroatoms. The normalized spacial score (nSPS) is 12.9. The topological polar surface area (TPSA) is 59.7 Å². The van der Waals surface area contributed by atoms with Gasteiger partial charge in [0.1, 0.15) is 11.9 Å². The van der Waals surface area contributed by atoms with Crippen LogP contribution in [-0.4, -0.2) is 32.5 Å². The zero-order chi connectivity index (χ0) is 14.3. The highest BCUT2D eigenvalue weighted by Gasteiger charge is 2.29. The second kappa shape index (κ2) is 4.37. The fourth-order valence-corrected chi connectivity index (χ4v) is 1.62. The number of halogens is 3. The van der Waals surface area contributed by atoms with E-state index in [1.54, 1.807) is 13.8 Å². The third kappa shape index (κ3) is 2.95. The fraction of sp³-hybridized carbons (Fsp3) is 0.455. The number of pyridine rings is 1. The number of hydrogen-bond donors (Lipinski definition) is 1. The molecule has 0 aliphatic heterocycles. The molecule has 0 atom stereocenters. The Balaban J connectivity index is 2.41. The lowest BCUT2D eigenvalue weighted by Crippen LogP contribution is -2.22. The summed E-state index contributed by atoms with van der Waals surface area (Å²) in [6.07, 6.45) is -3.24. The minimum absolute atomic E-state index is 0.0391. The van der Waals surface area contributed by atoms with Gasteiger partial charge in [0.25, 0.3) is 0 Å². The summed E-state index contributed by atoms with van der Waals surface area (Å²) in [7, 11) is 0. The van der Waals surface area contributed by atoms with Crippen LogP contribution in [0.5, 0.6) is 5.75 Å². The Bertz CT molecular complexity index is 587. The molecule has 0 saturated carbocycles. The van der Waals surface area contributed by atoms with E-state index in [0.717, 1.165) is 0 Å². The van der Waals surface area contributed by atoms with Crippen LogP contribution in [0.4, 0.5) is 13.2 Å². The first kappa shape index (κ1) is 13.6. The average molecular weight is 275 g/mol. The van der Waals surface area contributed by atoms with Gasteiger partial charge in [-0.3, -0.25) is 0 Å². The molecular weight excluding hydrogens is 263 g/mol. The van der Waals surface area contributed by atoms with Crippen molar-refractivity contribution in [1.29, 1.82) is 0 Å². The number of nitrogens with zero attached hydrogens (tertiary/aromatic N) is 3. The number of alkyl halides is 3. The fourth-order valence-electron chi connectivity index (χ4n) is 1.62. The van der Waals surface area contributed by atoms with E-state index in [9.17, 15) is 18.3 Å². The Labute approximate surface area is 106 Å². The van der Waals surface area contributed by atoms with Crippen LogP contribution in [0.3, 0.4) is 0 Å². The smallest absolute Gasteiger partial charge is 0.422 e. The maximum atomic E-state index is 12.1. The van der Waals surface area contributed by atoms with Crippen molar-refractivity contribution in [2.24, 2.45) is 0 Å². The van der Waals surface area contributed by atoms with Gasteiger partial charge in [-0.15, -0.1) is 0 Å². The maximum Gasteiger partial charge on any atom is 0.422 e. The number of fused-ring (bicyclic) bond motifs is 1. The first-order valence-corrected chi connectivity index (χ1v) is 5.43. The van der Waals surface area contributed by atoms with Crippen molar-refractivity contribution < 1.29 is 23.0 Å². The van der Waals surface area contributed by atoms with Crippen LogP contribution >= 0.6 is 0 Å². The summed E-state index contributed by atoms with van der Waals surface area (Å²) in [5.74, 6) is -0.0391. The van der Waals surface area contributed by atoms with Gasteiger partial charge in [0.2, 0.25) is 0 Å². The second-order valence-electron chi connectivity index (χ2n) is 4.54. The molecule has 0 unspecified atom stereocenters. The van der Waals surface area contributed by atoms with E-state index in [1.807, 2.05) is 0 Å². The largest absolute Gasteiger partial charge is 0.480 e. The molecule has 0 aliphatic rings. The molecule has 2 aromatic heterocycles. The summed E-state index contributed by atoms with van der Waals surface area (Å²) < 4.78 is 42.3. The van der Waals surface area contributed by atoms with Gasteiger partial charge in [-0.1, -0.05) is 0 Å². The molecule has 19 heavy (non-hydrogen) atoms. The summed E-state index contributed by atoms with van der Waals surface area (Å²) in [6.45, 7) is 1.68. The molecule has 0 amide bonds. The number of rotatable bonds is 3. The zero-order valence-corrected chi connectivity index (χ0v) is 10.3. The lowest BCUT2D eigenvalue weighted by Gasteiger charge is -2.19. The first-order valence-electron chi connectivity index (χ1n) is 5.43. The van der Waals surface area contributed by atoms with Gasteiger partial charge in [-0.25, -0.2) is 9.50 Å². The van der Waals surface area contributed by atoms with Gasteiger partial charge in [0.05, 0.1) is 5.69 Å². The predicted octanol–water partition coefficient (Wildman–Crippen LogP) is 1.90. The SMILES string of the molecule is CC(C)(O)c1ccc(OCC(F)(F)F)c2ncnn12. The van der Waals surface area contributed by atoms with Crippen molar-refractivity contribution >= 4 is 5.65 Å². The standard InChI is InChI=1S/C11H12F3N3O2/c1-10(2,18)8-4-3-7(19-5-11(12,13)14)9-15-6-16-17(8)9/h3-4,6,18H,5H2,1-2H3. The lowest BCUT2D eigenvalue weighted by molar-refractivity contribution is -0.153. The zero-order valence-electron chi connectivity index (χ0n) is 10.3. The Kier molecular flexibility index (Phi) is 3.13. The number of ether oxygens (including phenoxy) is 1.